The molecule has 0 radical (unpaired) electrons. The minimum Gasteiger partial charge on any atom is -0.461 e. The third-order valence-corrected chi connectivity index (χ3v) is 3.87. The number of ether oxygens (including phenoxy) is 1. The maximum atomic E-state index is 12.3. The van der Waals surface area contributed by atoms with E-state index >= 15 is 0 Å². The van der Waals surface area contributed by atoms with Crippen molar-refractivity contribution >= 4 is 11.8 Å². The quantitative estimate of drug-likeness (QED) is 0.625. The van der Waals surface area contributed by atoms with Crippen LogP contribution in [0.3, 0.4) is 0 Å². The van der Waals surface area contributed by atoms with Gasteiger partial charge in [-0.1, -0.05) is 52.0 Å². The van der Waals surface area contributed by atoms with E-state index in [2.05, 4.69) is 0 Å². The fraction of sp³-hybridized carbons (Fsp3) is 0.529. The van der Waals surface area contributed by atoms with Crippen LogP contribution in [0.4, 0.5) is 0 Å². The number of carbonyl (C=O) groups is 2. The van der Waals surface area contributed by atoms with Crippen molar-refractivity contribution in [2.24, 2.45) is 17.8 Å². The van der Waals surface area contributed by atoms with Gasteiger partial charge in [0.2, 0.25) is 0 Å². The summed E-state index contributed by atoms with van der Waals surface area (Å²) in [7, 11) is 0. The number of hydrogen-bond acceptors (Lipinski definition) is 3. The second kappa shape index (κ2) is 5.78. The first-order valence-electron chi connectivity index (χ1n) is 7.24. The monoisotopic (exact) mass is 274 g/mol. The first kappa shape index (κ1) is 14.8. The summed E-state index contributed by atoms with van der Waals surface area (Å²) < 4.78 is 5.60. The molecule has 0 aliphatic heterocycles. The maximum Gasteiger partial charge on any atom is 0.317 e. The van der Waals surface area contributed by atoms with Crippen molar-refractivity contribution in [2.45, 2.75) is 40.2 Å². The van der Waals surface area contributed by atoms with E-state index in [-0.39, 0.29) is 29.7 Å². The number of fused-ring (bicyclic) bond motifs is 1. The Morgan fingerprint density at radius 1 is 1.15 bits per heavy atom. The molecule has 0 saturated heterocycles. The molecule has 0 bridgehead atoms. The number of Topliss-reactive ketones (excluding diaryl/α,β-unsaturated/α-hetero) is 1. The van der Waals surface area contributed by atoms with E-state index in [1.165, 1.54) is 0 Å². The molecule has 3 heteroatoms. The molecule has 1 aromatic rings. The normalized spacial score (nSPS) is 17.9. The summed E-state index contributed by atoms with van der Waals surface area (Å²) in [6, 6.07) is 7.41. The van der Waals surface area contributed by atoms with Crippen LogP contribution in [0.2, 0.25) is 0 Å². The van der Waals surface area contributed by atoms with Crippen LogP contribution in [0, 0.1) is 17.8 Å². The van der Waals surface area contributed by atoms with Crippen molar-refractivity contribution in [2.75, 3.05) is 0 Å². The Hall–Kier alpha value is -1.64. The molecule has 0 heterocycles. The molecule has 0 amide bonds. The van der Waals surface area contributed by atoms with Gasteiger partial charge in [-0.2, -0.15) is 0 Å². The lowest BCUT2D eigenvalue weighted by Crippen LogP contribution is -2.33. The summed E-state index contributed by atoms with van der Waals surface area (Å²) in [6.07, 6.45) is 0.329. The molecule has 20 heavy (non-hydrogen) atoms. The molecule has 0 fully saturated rings. The average Bonchev–Trinajstić information content (AvgIpc) is 2.73. The Kier molecular flexibility index (Phi) is 4.26. The Morgan fingerprint density at radius 2 is 1.75 bits per heavy atom. The van der Waals surface area contributed by atoms with E-state index in [4.69, 9.17) is 4.74 Å². The standard InChI is InChI=1S/C17H22O3/c1-10(2)16(11(3)4)20-17(19)14-9-12-7-5-6-8-13(12)15(14)18/h5-8,10-11,14,16H,9H2,1-4H3. The van der Waals surface area contributed by atoms with Crippen molar-refractivity contribution in [1.29, 1.82) is 0 Å². The third kappa shape index (κ3) is 2.77. The first-order chi connectivity index (χ1) is 9.41. The van der Waals surface area contributed by atoms with E-state index in [9.17, 15) is 9.59 Å². The van der Waals surface area contributed by atoms with Gasteiger partial charge in [-0.3, -0.25) is 9.59 Å². The minimum absolute atomic E-state index is 0.100. The van der Waals surface area contributed by atoms with E-state index in [0.29, 0.717) is 12.0 Å². The molecule has 1 unspecified atom stereocenters. The zero-order valence-electron chi connectivity index (χ0n) is 12.6. The fourth-order valence-electron chi connectivity index (χ4n) is 2.89. The highest BCUT2D eigenvalue weighted by Gasteiger charge is 2.38. The number of ketones is 1. The average molecular weight is 274 g/mol. The van der Waals surface area contributed by atoms with Crippen LogP contribution in [-0.2, 0) is 16.0 Å². The van der Waals surface area contributed by atoms with Gasteiger partial charge in [0.05, 0.1) is 0 Å². The predicted molar refractivity (Wildman–Crippen MR) is 77.5 cm³/mol. The Balaban J connectivity index is 2.11. The van der Waals surface area contributed by atoms with E-state index in [1.807, 2.05) is 45.9 Å². The van der Waals surface area contributed by atoms with E-state index in [0.717, 1.165) is 5.56 Å². The highest BCUT2D eigenvalue weighted by Crippen LogP contribution is 2.28. The molecule has 2 rings (SSSR count). The smallest absolute Gasteiger partial charge is 0.317 e. The molecule has 108 valence electrons. The molecule has 1 aliphatic rings. The minimum atomic E-state index is -0.660. The number of hydrogen-bond donors (Lipinski definition) is 0. The second-order valence-electron chi connectivity index (χ2n) is 6.17. The summed E-state index contributed by atoms with van der Waals surface area (Å²) in [4.78, 5) is 24.6. The van der Waals surface area contributed by atoms with Crippen LogP contribution in [-0.4, -0.2) is 17.9 Å². The van der Waals surface area contributed by atoms with Crippen molar-refractivity contribution < 1.29 is 14.3 Å². The van der Waals surface area contributed by atoms with Gasteiger partial charge in [-0.15, -0.1) is 0 Å². The van der Waals surface area contributed by atoms with Crippen LogP contribution in [0.1, 0.15) is 43.6 Å². The fourth-order valence-corrected chi connectivity index (χ4v) is 2.89. The predicted octanol–water partition coefficient (Wildman–Crippen LogP) is 3.27. The number of benzene rings is 1. The lowest BCUT2D eigenvalue weighted by atomic mass is 9.96. The zero-order chi connectivity index (χ0) is 14.9. The summed E-state index contributed by atoms with van der Waals surface area (Å²) in [5, 5.41) is 0. The Bertz CT molecular complexity index is 509. The van der Waals surface area contributed by atoms with Crippen molar-refractivity contribution in [3.63, 3.8) is 0 Å². The molecule has 1 atom stereocenters. The molecule has 0 N–H and O–H groups in total. The second-order valence-corrected chi connectivity index (χ2v) is 6.17. The van der Waals surface area contributed by atoms with Crippen molar-refractivity contribution in [1.82, 2.24) is 0 Å². The molecular formula is C17H22O3. The van der Waals surface area contributed by atoms with Crippen LogP contribution in [0.15, 0.2) is 24.3 Å². The van der Waals surface area contributed by atoms with Gasteiger partial charge in [0, 0.05) is 5.56 Å². The number of carbonyl (C=O) groups excluding carboxylic acids is 2. The van der Waals surface area contributed by atoms with Gasteiger partial charge in [0.25, 0.3) is 0 Å². The third-order valence-electron chi connectivity index (χ3n) is 3.87. The zero-order valence-corrected chi connectivity index (χ0v) is 12.6. The molecule has 0 spiro atoms. The Labute approximate surface area is 120 Å². The molecular weight excluding hydrogens is 252 g/mol. The van der Waals surface area contributed by atoms with Gasteiger partial charge in [0.1, 0.15) is 12.0 Å². The number of rotatable bonds is 4. The molecule has 3 nitrogen and oxygen atoms in total. The summed E-state index contributed by atoms with van der Waals surface area (Å²) in [6.45, 7) is 8.12. The van der Waals surface area contributed by atoms with Gasteiger partial charge < -0.3 is 4.74 Å². The molecule has 0 saturated carbocycles. The van der Waals surface area contributed by atoms with Gasteiger partial charge in [-0.05, 0) is 23.8 Å². The molecule has 1 aliphatic carbocycles. The topological polar surface area (TPSA) is 43.4 Å². The maximum absolute atomic E-state index is 12.3. The lowest BCUT2D eigenvalue weighted by Gasteiger charge is -2.26. The number of esters is 1. The molecule has 0 aromatic heterocycles. The van der Waals surface area contributed by atoms with Crippen molar-refractivity contribution in [3.8, 4) is 0 Å². The van der Waals surface area contributed by atoms with Crippen LogP contribution >= 0.6 is 0 Å². The summed E-state index contributed by atoms with van der Waals surface area (Å²) in [5.74, 6) is -0.640. The van der Waals surface area contributed by atoms with Crippen LogP contribution < -0.4 is 0 Å². The largest absolute Gasteiger partial charge is 0.461 e. The van der Waals surface area contributed by atoms with E-state index < -0.39 is 5.92 Å². The lowest BCUT2D eigenvalue weighted by molar-refractivity contribution is -0.157. The van der Waals surface area contributed by atoms with Gasteiger partial charge >= 0.3 is 5.97 Å². The van der Waals surface area contributed by atoms with E-state index in [1.54, 1.807) is 6.07 Å². The van der Waals surface area contributed by atoms with Crippen LogP contribution in [0.5, 0.6) is 0 Å². The van der Waals surface area contributed by atoms with Gasteiger partial charge in [0.15, 0.2) is 5.78 Å². The molecule has 1 aromatic carbocycles. The highest BCUT2D eigenvalue weighted by atomic mass is 16.5. The van der Waals surface area contributed by atoms with Gasteiger partial charge in [-0.25, -0.2) is 0 Å². The van der Waals surface area contributed by atoms with Crippen LogP contribution in [0.25, 0.3) is 0 Å². The Morgan fingerprint density at radius 3 is 2.30 bits per heavy atom. The SMILES string of the molecule is CC(C)C(OC(=O)C1Cc2ccccc2C1=O)C(C)C. The summed E-state index contributed by atoms with van der Waals surface area (Å²) in [5.41, 5.74) is 1.62. The highest BCUT2D eigenvalue weighted by molar-refractivity contribution is 6.12. The summed E-state index contributed by atoms with van der Waals surface area (Å²) >= 11 is 0. The first-order valence-corrected chi connectivity index (χ1v) is 7.24. The van der Waals surface area contributed by atoms with Crippen molar-refractivity contribution in [3.05, 3.63) is 35.4 Å².